The van der Waals surface area contributed by atoms with Crippen molar-refractivity contribution >= 4 is 0 Å². The predicted octanol–water partition coefficient (Wildman–Crippen LogP) is 3.47. The number of unbranched alkanes of at least 4 members (excludes halogenated alkanes) is 1. The van der Waals surface area contributed by atoms with Crippen LogP contribution in [0.25, 0.3) is 0 Å². The molecule has 1 rings (SSSR count). The van der Waals surface area contributed by atoms with Crippen molar-refractivity contribution in [2.75, 3.05) is 0 Å². The van der Waals surface area contributed by atoms with Gasteiger partial charge in [0.25, 0.3) is 0 Å². The average Bonchev–Trinajstić information content (AvgIpc) is 2.42. The molecule has 1 nitrogen and oxygen atoms in total. The Hall–Kier alpha value is -0.0400. The molecule has 78 valence electrons. The second-order valence-electron chi connectivity index (χ2n) is 4.56. The maximum Gasteiger partial charge on any atom is 0.00671 e. The van der Waals surface area contributed by atoms with Gasteiger partial charge < -0.3 is 5.73 Å². The zero-order valence-electron chi connectivity index (χ0n) is 9.10. The van der Waals surface area contributed by atoms with Crippen LogP contribution in [-0.4, -0.2) is 6.04 Å². The van der Waals surface area contributed by atoms with Gasteiger partial charge in [0.15, 0.2) is 0 Å². The highest BCUT2D eigenvalue weighted by atomic mass is 14.6. The highest BCUT2D eigenvalue weighted by Crippen LogP contribution is 2.26. The van der Waals surface area contributed by atoms with Gasteiger partial charge in [0.05, 0.1) is 0 Å². The van der Waals surface area contributed by atoms with E-state index in [4.69, 9.17) is 5.73 Å². The van der Waals surface area contributed by atoms with E-state index in [1.807, 2.05) is 0 Å². The van der Waals surface area contributed by atoms with Gasteiger partial charge in [0.1, 0.15) is 0 Å². The number of hydrogen-bond acceptors (Lipinski definition) is 1. The largest absolute Gasteiger partial charge is 0.327 e. The Balaban J connectivity index is 2.22. The van der Waals surface area contributed by atoms with Gasteiger partial charge in [0.2, 0.25) is 0 Å². The summed E-state index contributed by atoms with van der Waals surface area (Å²) in [5, 5.41) is 0. The third-order valence-corrected chi connectivity index (χ3v) is 3.40. The standard InChI is InChI=1S/C12H25N/c1-2-3-10-12(13)11-8-6-4-5-7-9-11/h11-12H,2-10,13H2,1H3. The van der Waals surface area contributed by atoms with E-state index in [0.29, 0.717) is 6.04 Å². The molecule has 0 heterocycles. The van der Waals surface area contributed by atoms with E-state index in [0.717, 1.165) is 5.92 Å². The molecule has 13 heavy (non-hydrogen) atoms. The van der Waals surface area contributed by atoms with Crippen LogP contribution in [0.5, 0.6) is 0 Å². The van der Waals surface area contributed by atoms with E-state index in [2.05, 4.69) is 6.92 Å². The van der Waals surface area contributed by atoms with Crippen LogP contribution < -0.4 is 5.73 Å². The van der Waals surface area contributed by atoms with Crippen LogP contribution in [0.2, 0.25) is 0 Å². The molecule has 1 atom stereocenters. The lowest BCUT2D eigenvalue weighted by atomic mass is 9.89. The minimum absolute atomic E-state index is 0.498. The first-order valence-corrected chi connectivity index (χ1v) is 6.10. The molecule has 0 aliphatic heterocycles. The summed E-state index contributed by atoms with van der Waals surface area (Å²) in [5.74, 6) is 0.842. The Morgan fingerprint density at radius 2 is 1.77 bits per heavy atom. The summed E-state index contributed by atoms with van der Waals surface area (Å²) in [4.78, 5) is 0. The van der Waals surface area contributed by atoms with Gasteiger partial charge in [0, 0.05) is 6.04 Å². The van der Waals surface area contributed by atoms with Gasteiger partial charge in [-0.15, -0.1) is 0 Å². The average molecular weight is 183 g/mol. The Labute approximate surface area is 83.1 Å². The SMILES string of the molecule is CCCCC(N)C1CCCCCC1. The van der Waals surface area contributed by atoms with Gasteiger partial charge >= 0.3 is 0 Å². The summed E-state index contributed by atoms with van der Waals surface area (Å²) in [6.45, 7) is 2.25. The molecule has 0 aromatic carbocycles. The normalized spacial score (nSPS) is 22.6. The number of nitrogens with two attached hydrogens (primary N) is 1. The quantitative estimate of drug-likeness (QED) is 0.663. The van der Waals surface area contributed by atoms with Gasteiger partial charge in [-0.3, -0.25) is 0 Å². The third-order valence-electron chi connectivity index (χ3n) is 3.40. The minimum Gasteiger partial charge on any atom is -0.327 e. The monoisotopic (exact) mass is 183 g/mol. The van der Waals surface area contributed by atoms with Gasteiger partial charge in [-0.05, 0) is 25.2 Å². The molecular formula is C12H25N. The molecule has 1 unspecified atom stereocenters. The number of hydrogen-bond donors (Lipinski definition) is 1. The molecule has 1 heteroatoms. The molecule has 0 aromatic rings. The van der Waals surface area contributed by atoms with Crippen LogP contribution in [0.15, 0.2) is 0 Å². The van der Waals surface area contributed by atoms with Crippen LogP contribution in [0.4, 0.5) is 0 Å². The van der Waals surface area contributed by atoms with Crippen LogP contribution in [0.1, 0.15) is 64.7 Å². The Morgan fingerprint density at radius 3 is 2.31 bits per heavy atom. The first-order valence-electron chi connectivity index (χ1n) is 6.10. The molecule has 1 saturated carbocycles. The zero-order chi connectivity index (χ0) is 9.52. The lowest BCUT2D eigenvalue weighted by Gasteiger charge is -2.21. The van der Waals surface area contributed by atoms with Crippen LogP contribution >= 0.6 is 0 Å². The second kappa shape index (κ2) is 6.42. The number of rotatable bonds is 4. The lowest BCUT2D eigenvalue weighted by molar-refractivity contribution is 0.352. The first kappa shape index (κ1) is 11.0. The van der Waals surface area contributed by atoms with Crippen molar-refractivity contribution < 1.29 is 0 Å². The van der Waals surface area contributed by atoms with Gasteiger partial charge in [-0.25, -0.2) is 0 Å². The van der Waals surface area contributed by atoms with Crippen molar-refractivity contribution in [1.29, 1.82) is 0 Å². The van der Waals surface area contributed by atoms with Crippen LogP contribution in [-0.2, 0) is 0 Å². The Morgan fingerprint density at radius 1 is 1.15 bits per heavy atom. The molecule has 2 N–H and O–H groups in total. The van der Waals surface area contributed by atoms with E-state index >= 15 is 0 Å². The van der Waals surface area contributed by atoms with Crippen molar-refractivity contribution in [3.8, 4) is 0 Å². The Kier molecular flexibility index (Phi) is 5.45. The van der Waals surface area contributed by atoms with Gasteiger partial charge in [-0.2, -0.15) is 0 Å². The fourth-order valence-corrected chi connectivity index (χ4v) is 2.41. The van der Waals surface area contributed by atoms with Crippen molar-refractivity contribution in [1.82, 2.24) is 0 Å². The molecule has 0 aromatic heterocycles. The maximum atomic E-state index is 6.20. The van der Waals surface area contributed by atoms with E-state index in [-0.39, 0.29) is 0 Å². The second-order valence-corrected chi connectivity index (χ2v) is 4.56. The summed E-state index contributed by atoms with van der Waals surface area (Å²) in [6, 6.07) is 0.498. The summed E-state index contributed by atoms with van der Waals surface area (Å²) in [5.41, 5.74) is 6.20. The molecule has 1 aliphatic carbocycles. The van der Waals surface area contributed by atoms with Crippen molar-refractivity contribution in [2.45, 2.75) is 70.8 Å². The van der Waals surface area contributed by atoms with Crippen molar-refractivity contribution in [2.24, 2.45) is 11.7 Å². The fourth-order valence-electron chi connectivity index (χ4n) is 2.41. The van der Waals surface area contributed by atoms with Crippen molar-refractivity contribution in [3.63, 3.8) is 0 Å². The summed E-state index contributed by atoms with van der Waals surface area (Å²) < 4.78 is 0. The molecule has 0 amide bonds. The summed E-state index contributed by atoms with van der Waals surface area (Å²) in [7, 11) is 0. The molecule has 1 aliphatic rings. The first-order chi connectivity index (χ1) is 6.34. The van der Waals surface area contributed by atoms with Crippen LogP contribution in [0, 0.1) is 5.92 Å². The molecular weight excluding hydrogens is 158 g/mol. The molecule has 1 fully saturated rings. The summed E-state index contributed by atoms with van der Waals surface area (Å²) >= 11 is 0. The Bertz CT molecular complexity index is 114. The smallest absolute Gasteiger partial charge is 0.00671 e. The third kappa shape index (κ3) is 4.12. The maximum absolute atomic E-state index is 6.20. The molecule has 0 radical (unpaired) electrons. The predicted molar refractivity (Wildman–Crippen MR) is 58.7 cm³/mol. The lowest BCUT2D eigenvalue weighted by Crippen LogP contribution is -2.29. The van der Waals surface area contributed by atoms with Crippen molar-refractivity contribution in [3.05, 3.63) is 0 Å². The van der Waals surface area contributed by atoms with E-state index in [9.17, 15) is 0 Å². The fraction of sp³-hybridized carbons (Fsp3) is 1.00. The van der Waals surface area contributed by atoms with Crippen LogP contribution in [0.3, 0.4) is 0 Å². The summed E-state index contributed by atoms with van der Waals surface area (Å²) in [6.07, 6.45) is 12.4. The van der Waals surface area contributed by atoms with E-state index in [1.54, 1.807) is 0 Å². The highest BCUT2D eigenvalue weighted by Gasteiger charge is 2.18. The molecule has 0 saturated heterocycles. The van der Waals surface area contributed by atoms with E-state index in [1.165, 1.54) is 57.8 Å². The minimum atomic E-state index is 0.498. The molecule has 0 bridgehead atoms. The van der Waals surface area contributed by atoms with Gasteiger partial charge in [-0.1, -0.05) is 45.4 Å². The topological polar surface area (TPSA) is 26.0 Å². The zero-order valence-corrected chi connectivity index (χ0v) is 9.10. The highest BCUT2D eigenvalue weighted by molar-refractivity contribution is 4.75. The molecule has 0 spiro atoms. The van der Waals surface area contributed by atoms with E-state index < -0.39 is 0 Å².